The zero-order chi connectivity index (χ0) is 26.5. The molecule has 3 aromatic rings. The Bertz CT molecular complexity index is 1290. The van der Waals surface area contributed by atoms with Crippen LogP contribution in [0.1, 0.15) is 12.8 Å². The van der Waals surface area contributed by atoms with Crippen LogP contribution in [0.3, 0.4) is 0 Å². The molecule has 4 heterocycles. The summed E-state index contributed by atoms with van der Waals surface area (Å²) in [5, 5.41) is 10.4. The maximum Gasteiger partial charge on any atom is 0.247 e. The van der Waals surface area contributed by atoms with E-state index in [-0.39, 0.29) is 18.0 Å². The van der Waals surface area contributed by atoms with E-state index >= 15 is 0 Å². The normalized spacial score (nSPS) is 19.7. The molecule has 198 valence electrons. The lowest BCUT2D eigenvalue weighted by Crippen LogP contribution is -2.50. The van der Waals surface area contributed by atoms with Crippen LogP contribution in [0, 0.1) is 0 Å². The standard InChI is InChI=1S/C27H32N8O3/c1-4-25(36)29-20-6-5-7-21(16-20)33-35-23-12-14-34(22(23)13-15-37-2)32-19-10-8-18(9-11-19)30-27-28-17-24(38-3)26(35)31-27/h4-11,16-17,22-23,32-33H,1,12-15H2,2-3H3,(H,29,36)(H,28,30,31)/t22-,23-/m0/s1. The van der Waals surface area contributed by atoms with Gasteiger partial charge in [0.2, 0.25) is 11.9 Å². The van der Waals surface area contributed by atoms with Crippen molar-refractivity contribution in [2.75, 3.05) is 53.9 Å². The van der Waals surface area contributed by atoms with Crippen LogP contribution in [0.25, 0.3) is 0 Å². The molecule has 0 saturated carbocycles. The number of carbonyl (C=O) groups excluding carboxylic acids is 1. The molecule has 0 spiro atoms. The summed E-state index contributed by atoms with van der Waals surface area (Å²) in [6.45, 7) is 4.95. The number of rotatable bonds is 8. The van der Waals surface area contributed by atoms with Crippen LogP contribution < -0.4 is 31.2 Å². The third kappa shape index (κ3) is 5.48. The van der Waals surface area contributed by atoms with E-state index in [0.29, 0.717) is 29.8 Å². The van der Waals surface area contributed by atoms with Gasteiger partial charge < -0.3 is 25.5 Å². The SMILES string of the molecule is C=CC(=O)Nc1cccc(NN2c3nc(ncc3OC)Nc3ccc(cc3)NN3CC[C@H]2[C@@H]3CCOC)c1. The minimum atomic E-state index is -0.276. The van der Waals surface area contributed by atoms with E-state index < -0.39 is 0 Å². The van der Waals surface area contributed by atoms with Gasteiger partial charge in [-0.05, 0) is 61.4 Å². The van der Waals surface area contributed by atoms with Gasteiger partial charge >= 0.3 is 0 Å². The second kappa shape index (κ2) is 11.4. The summed E-state index contributed by atoms with van der Waals surface area (Å²) in [6, 6.07) is 15.6. The summed E-state index contributed by atoms with van der Waals surface area (Å²) < 4.78 is 11.2. The summed E-state index contributed by atoms with van der Waals surface area (Å²) in [5.74, 6) is 1.29. The second-order valence-electron chi connectivity index (χ2n) is 9.05. The first kappa shape index (κ1) is 25.3. The summed E-state index contributed by atoms with van der Waals surface area (Å²) in [6.07, 6.45) is 4.55. The molecule has 11 nitrogen and oxygen atoms in total. The Labute approximate surface area is 221 Å². The molecule has 0 aliphatic carbocycles. The highest BCUT2D eigenvalue weighted by Gasteiger charge is 2.40. The van der Waals surface area contributed by atoms with Crippen molar-refractivity contribution >= 4 is 40.4 Å². The Morgan fingerprint density at radius 3 is 2.74 bits per heavy atom. The Hall–Kier alpha value is -4.35. The summed E-state index contributed by atoms with van der Waals surface area (Å²) in [5.41, 5.74) is 10.4. The number of nitrogens with zero attached hydrogens (tertiary/aromatic N) is 4. The number of hydrogen-bond acceptors (Lipinski definition) is 10. The number of hydrogen-bond donors (Lipinski definition) is 4. The number of nitrogens with one attached hydrogen (secondary N) is 4. The first-order chi connectivity index (χ1) is 18.6. The quantitative estimate of drug-likeness (QED) is 0.327. The molecule has 1 amide bonds. The van der Waals surface area contributed by atoms with Gasteiger partial charge in [-0.2, -0.15) is 4.98 Å². The average molecular weight is 517 g/mol. The number of hydrazine groups is 2. The van der Waals surface area contributed by atoms with Gasteiger partial charge in [-0.3, -0.25) is 15.2 Å². The Kier molecular flexibility index (Phi) is 7.57. The molecule has 11 heteroatoms. The first-order valence-electron chi connectivity index (χ1n) is 12.5. The minimum Gasteiger partial charge on any atom is -0.491 e. The Balaban J connectivity index is 1.59. The molecule has 3 atom stereocenters. The van der Waals surface area contributed by atoms with Crippen molar-refractivity contribution in [3.63, 3.8) is 0 Å². The fourth-order valence-corrected chi connectivity index (χ4v) is 4.82. The molecule has 3 aliphatic heterocycles. The predicted octanol–water partition coefficient (Wildman–Crippen LogP) is 4.01. The van der Waals surface area contributed by atoms with Gasteiger partial charge in [0, 0.05) is 37.3 Å². The first-order valence-corrected chi connectivity index (χ1v) is 12.5. The van der Waals surface area contributed by atoms with E-state index in [9.17, 15) is 4.79 Å². The number of fused-ring (bicyclic) bond motifs is 2. The molecule has 38 heavy (non-hydrogen) atoms. The van der Waals surface area contributed by atoms with Crippen LogP contribution >= 0.6 is 0 Å². The molecule has 4 N–H and O–H groups in total. The molecule has 6 rings (SSSR count). The lowest BCUT2D eigenvalue weighted by Gasteiger charge is -2.37. The number of ether oxygens (including phenoxy) is 2. The van der Waals surface area contributed by atoms with Gasteiger partial charge in [0.25, 0.3) is 0 Å². The zero-order valence-electron chi connectivity index (χ0n) is 21.5. The van der Waals surface area contributed by atoms with Crippen LogP contribution in [0.5, 0.6) is 5.75 Å². The van der Waals surface area contributed by atoms with Crippen molar-refractivity contribution in [1.82, 2.24) is 15.0 Å². The smallest absolute Gasteiger partial charge is 0.247 e. The Morgan fingerprint density at radius 2 is 1.97 bits per heavy atom. The highest BCUT2D eigenvalue weighted by Crippen LogP contribution is 2.36. The van der Waals surface area contributed by atoms with Crippen molar-refractivity contribution in [2.24, 2.45) is 0 Å². The van der Waals surface area contributed by atoms with Crippen molar-refractivity contribution in [3.8, 4) is 5.75 Å². The van der Waals surface area contributed by atoms with Crippen molar-refractivity contribution in [1.29, 1.82) is 0 Å². The zero-order valence-corrected chi connectivity index (χ0v) is 21.5. The number of aromatic nitrogens is 2. The fourth-order valence-electron chi connectivity index (χ4n) is 4.82. The highest BCUT2D eigenvalue weighted by atomic mass is 16.5. The van der Waals surface area contributed by atoms with Gasteiger partial charge in [0.05, 0.1) is 31.1 Å². The maximum atomic E-state index is 11.9. The summed E-state index contributed by atoms with van der Waals surface area (Å²) >= 11 is 0. The number of anilines is 6. The largest absolute Gasteiger partial charge is 0.491 e. The summed E-state index contributed by atoms with van der Waals surface area (Å²) in [7, 11) is 3.32. The van der Waals surface area contributed by atoms with Crippen molar-refractivity contribution < 1.29 is 14.3 Å². The van der Waals surface area contributed by atoms with Gasteiger partial charge in [-0.25, -0.2) is 9.99 Å². The van der Waals surface area contributed by atoms with E-state index in [0.717, 1.165) is 36.4 Å². The van der Waals surface area contributed by atoms with Crippen LogP contribution in [-0.4, -0.2) is 60.3 Å². The topological polar surface area (TPSA) is 116 Å². The van der Waals surface area contributed by atoms with E-state index in [1.807, 2.05) is 53.5 Å². The third-order valence-electron chi connectivity index (χ3n) is 6.62. The molecule has 2 aromatic carbocycles. The van der Waals surface area contributed by atoms with Crippen molar-refractivity contribution in [2.45, 2.75) is 24.9 Å². The fraction of sp³-hybridized carbons (Fsp3) is 0.296. The van der Waals surface area contributed by atoms with Gasteiger partial charge in [-0.15, -0.1) is 0 Å². The molecule has 1 fully saturated rings. The molecular weight excluding hydrogens is 484 g/mol. The average Bonchev–Trinajstić information content (AvgIpc) is 3.33. The van der Waals surface area contributed by atoms with Gasteiger partial charge in [0.1, 0.15) is 0 Å². The molecular formula is C27H32N8O3. The van der Waals surface area contributed by atoms with Crippen LogP contribution in [-0.2, 0) is 9.53 Å². The molecule has 1 aromatic heterocycles. The van der Waals surface area contributed by atoms with E-state index in [1.54, 1.807) is 20.4 Å². The lowest BCUT2D eigenvalue weighted by atomic mass is 10.1. The molecule has 6 bridgehead atoms. The molecule has 3 aliphatic rings. The molecule has 0 radical (unpaired) electrons. The maximum absolute atomic E-state index is 11.9. The Morgan fingerprint density at radius 1 is 1.18 bits per heavy atom. The minimum absolute atomic E-state index is 0.0140. The monoisotopic (exact) mass is 516 g/mol. The number of benzene rings is 2. The van der Waals surface area contributed by atoms with E-state index in [1.165, 1.54) is 6.08 Å². The molecule has 1 unspecified atom stereocenters. The predicted molar refractivity (Wildman–Crippen MR) is 149 cm³/mol. The number of amides is 1. The molecule has 1 saturated heterocycles. The third-order valence-corrected chi connectivity index (χ3v) is 6.62. The van der Waals surface area contributed by atoms with Crippen LogP contribution in [0.15, 0.2) is 67.4 Å². The number of carbonyl (C=O) groups is 1. The second-order valence-corrected chi connectivity index (χ2v) is 9.05. The summed E-state index contributed by atoms with van der Waals surface area (Å²) in [4.78, 5) is 21.3. The van der Waals surface area contributed by atoms with Crippen LogP contribution in [0.4, 0.5) is 34.5 Å². The highest BCUT2D eigenvalue weighted by molar-refractivity contribution is 5.99. The van der Waals surface area contributed by atoms with E-state index in [2.05, 4.69) is 38.1 Å². The van der Waals surface area contributed by atoms with E-state index in [4.69, 9.17) is 14.5 Å². The van der Waals surface area contributed by atoms with Gasteiger partial charge in [-0.1, -0.05) is 12.6 Å². The lowest BCUT2D eigenvalue weighted by molar-refractivity contribution is -0.111. The van der Waals surface area contributed by atoms with Crippen LogP contribution in [0.2, 0.25) is 0 Å². The van der Waals surface area contributed by atoms with Crippen molar-refractivity contribution in [3.05, 3.63) is 67.4 Å². The number of methoxy groups -OCH3 is 2. The van der Waals surface area contributed by atoms with Gasteiger partial charge in [0.15, 0.2) is 11.6 Å².